The van der Waals surface area contributed by atoms with Gasteiger partial charge in [-0.05, 0) is 18.1 Å². The summed E-state index contributed by atoms with van der Waals surface area (Å²) in [5.41, 5.74) is 6.53. The average molecular weight is 343 g/mol. The molecule has 0 fully saturated rings. The number of benzene rings is 1. The predicted octanol–water partition coefficient (Wildman–Crippen LogP) is 2.60. The summed E-state index contributed by atoms with van der Waals surface area (Å²) in [5.74, 6) is -0.149. The van der Waals surface area contributed by atoms with Crippen molar-refractivity contribution in [3.05, 3.63) is 27.5 Å². The molecular formula is C13H15BrN2O2S. The number of hydrogen-bond donors (Lipinski definition) is 3. The Hall–Kier alpha value is -1.11. The Labute approximate surface area is 123 Å². The summed E-state index contributed by atoms with van der Waals surface area (Å²) in [4.78, 5) is 12.6. The maximum absolute atomic E-state index is 12.1. The van der Waals surface area contributed by atoms with Crippen LogP contribution in [0.3, 0.4) is 0 Å². The van der Waals surface area contributed by atoms with Crippen LogP contribution in [0.15, 0.2) is 22.7 Å². The lowest BCUT2D eigenvalue weighted by Crippen LogP contribution is -2.29. The van der Waals surface area contributed by atoms with Gasteiger partial charge in [0.25, 0.3) is 5.91 Å². The molecule has 0 aliphatic carbocycles. The first-order valence-corrected chi connectivity index (χ1v) is 7.50. The summed E-state index contributed by atoms with van der Waals surface area (Å²) in [5, 5.41) is 12.6. The fraction of sp³-hybridized carbons (Fsp3) is 0.308. The fourth-order valence-corrected chi connectivity index (χ4v) is 3.26. The Morgan fingerprint density at radius 2 is 2.32 bits per heavy atom. The van der Waals surface area contributed by atoms with Crippen molar-refractivity contribution < 1.29 is 9.90 Å². The van der Waals surface area contributed by atoms with E-state index in [-0.39, 0.29) is 18.4 Å². The highest BCUT2D eigenvalue weighted by Crippen LogP contribution is 2.35. The monoisotopic (exact) mass is 342 g/mol. The molecule has 1 amide bonds. The van der Waals surface area contributed by atoms with Gasteiger partial charge in [-0.15, -0.1) is 11.3 Å². The molecular weight excluding hydrogens is 328 g/mol. The highest BCUT2D eigenvalue weighted by Gasteiger charge is 2.16. The van der Waals surface area contributed by atoms with Crippen LogP contribution in [0.1, 0.15) is 16.6 Å². The molecule has 4 nitrogen and oxygen atoms in total. The number of carbonyl (C=O) groups excluding carboxylic acids is 1. The second-order valence-electron chi connectivity index (χ2n) is 4.48. The topological polar surface area (TPSA) is 75.3 Å². The van der Waals surface area contributed by atoms with Crippen LogP contribution in [-0.2, 0) is 0 Å². The number of anilines is 1. The third-order valence-corrected chi connectivity index (χ3v) is 4.48. The van der Waals surface area contributed by atoms with Crippen LogP contribution in [0.2, 0.25) is 0 Å². The molecule has 1 aromatic heterocycles. The molecule has 4 N–H and O–H groups in total. The number of amides is 1. The lowest BCUT2D eigenvalue weighted by Gasteiger charge is -2.08. The minimum atomic E-state index is -0.185. The summed E-state index contributed by atoms with van der Waals surface area (Å²) >= 11 is 4.78. The van der Waals surface area contributed by atoms with Crippen LogP contribution >= 0.6 is 27.3 Å². The molecule has 6 heteroatoms. The van der Waals surface area contributed by atoms with Gasteiger partial charge in [0.15, 0.2) is 0 Å². The Kier molecular flexibility index (Phi) is 4.44. The number of halogens is 1. The molecule has 2 rings (SSSR count). The van der Waals surface area contributed by atoms with Gasteiger partial charge in [0.05, 0.1) is 5.69 Å². The molecule has 102 valence electrons. The number of carbonyl (C=O) groups is 1. The van der Waals surface area contributed by atoms with Crippen molar-refractivity contribution in [1.82, 2.24) is 5.32 Å². The summed E-state index contributed by atoms with van der Waals surface area (Å²) in [6.45, 7) is 2.35. The van der Waals surface area contributed by atoms with E-state index >= 15 is 0 Å². The molecule has 1 unspecified atom stereocenters. The molecule has 1 aromatic carbocycles. The van der Waals surface area contributed by atoms with Gasteiger partial charge in [0.1, 0.15) is 4.88 Å². The lowest BCUT2D eigenvalue weighted by atomic mass is 10.2. The van der Waals surface area contributed by atoms with E-state index in [9.17, 15) is 4.79 Å². The zero-order valence-electron chi connectivity index (χ0n) is 10.4. The first-order chi connectivity index (χ1) is 9.02. The van der Waals surface area contributed by atoms with Gasteiger partial charge in [-0.25, -0.2) is 0 Å². The number of hydrogen-bond acceptors (Lipinski definition) is 4. The van der Waals surface area contributed by atoms with E-state index in [2.05, 4.69) is 21.2 Å². The third-order valence-electron chi connectivity index (χ3n) is 2.82. The second-order valence-corrected chi connectivity index (χ2v) is 6.45. The number of nitrogens with one attached hydrogen (secondary N) is 1. The van der Waals surface area contributed by atoms with E-state index < -0.39 is 0 Å². The molecule has 0 radical (unpaired) electrons. The maximum Gasteiger partial charge on any atom is 0.263 e. The van der Waals surface area contributed by atoms with Crippen molar-refractivity contribution in [1.29, 1.82) is 0 Å². The van der Waals surface area contributed by atoms with Gasteiger partial charge < -0.3 is 16.2 Å². The number of rotatable bonds is 4. The Balaban J connectivity index is 2.25. The van der Waals surface area contributed by atoms with Crippen molar-refractivity contribution in [2.75, 3.05) is 18.9 Å². The number of nitrogen functional groups attached to an aromatic ring is 1. The number of aliphatic hydroxyl groups is 1. The SMILES string of the molecule is CC(CO)CNC(=O)c1sc2cc(Br)ccc2c1N. The maximum atomic E-state index is 12.1. The molecule has 0 spiro atoms. The van der Waals surface area contributed by atoms with E-state index in [1.165, 1.54) is 11.3 Å². The van der Waals surface area contributed by atoms with Crippen molar-refractivity contribution in [2.45, 2.75) is 6.92 Å². The first kappa shape index (κ1) is 14.3. The van der Waals surface area contributed by atoms with Crippen molar-refractivity contribution >= 4 is 48.9 Å². The molecule has 1 atom stereocenters. The Morgan fingerprint density at radius 1 is 1.58 bits per heavy atom. The summed E-state index contributed by atoms with van der Waals surface area (Å²) in [7, 11) is 0. The van der Waals surface area contributed by atoms with Crippen molar-refractivity contribution in [3.63, 3.8) is 0 Å². The largest absolute Gasteiger partial charge is 0.397 e. The van der Waals surface area contributed by atoms with Gasteiger partial charge in [0.2, 0.25) is 0 Å². The first-order valence-electron chi connectivity index (χ1n) is 5.89. The van der Waals surface area contributed by atoms with Crippen molar-refractivity contribution in [3.8, 4) is 0 Å². The Morgan fingerprint density at radius 3 is 3.00 bits per heavy atom. The molecule has 0 bridgehead atoms. The minimum Gasteiger partial charge on any atom is -0.397 e. The standard InChI is InChI=1S/C13H15BrN2O2S/c1-7(6-17)5-16-13(18)12-11(15)9-3-2-8(14)4-10(9)19-12/h2-4,7,17H,5-6,15H2,1H3,(H,16,18). The van der Waals surface area contributed by atoms with Gasteiger partial charge in [-0.2, -0.15) is 0 Å². The van der Waals surface area contributed by atoms with Crippen LogP contribution in [0, 0.1) is 5.92 Å². The van der Waals surface area contributed by atoms with E-state index in [0.29, 0.717) is 17.1 Å². The summed E-state index contributed by atoms with van der Waals surface area (Å²) in [6, 6.07) is 5.75. The van der Waals surface area contributed by atoms with Gasteiger partial charge in [0, 0.05) is 27.7 Å². The molecule has 0 saturated carbocycles. The smallest absolute Gasteiger partial charge is 0.263 e. The van der Waals surface area contributed by atoms with Gasteiger partial charge in [-0.1, -0.05) is 28.9 Å². The third kappa shape index (κ3) is 3.08. The van der Waals surface area contributed by atoms with Crippen LogP contribution in [0.25, 0.3) is 10.1 Å². The van der Waals surface area contributed by atoms with E-state index in [1.807, 2.05) is 25.1 Å². The predicted molar refractivity (Wildman–Crippen MR) is 82.5 cm³/mol. The molecule has 2 aromatic rings. The Bertz CT molecular complexity index is 612. The van der Waals surface area contributed by atoms with E-state index in [0.717, 1.165) is 14.6 Å². The average Bonchev–Trinajstić information content (AvgIpc) is 2.72. The zero-order valence-corrected chi connectivity index (χ0v) is 12.8. The van der Waals surface area contributed by atoms with Gasteiger partial charge >= 0.3 is 0 Å². The number of aliphatic hydroxyl groups excluding tert-OH is 1. The minimum absolute atomic E-state index is 0.0358. The van der Waals surface area contributed by atoms with Crippen LogP contribution in [0.4, 0.5) is 5.69 Å². The van der Waals surface area contributed by atoms with Crippen LogP contribution in [0.5, 0.6) is 0 Å². The highest BCUT2D eigenvalue weighted by atomic mass is 79.9. The number of thiophene rings is 1. The fourth-order valence-electron chi connectivity index (χ4n) is 1.67. The molecule has 1 heterocycles. The van der Waals surface area contributed by atoms with Crippen molar-refractivity contribution in [2.24, 2.45) is 5.92 Å². The summed E-state index contributed by atoms with van der Waals surface area (Å²) < 4.78 is 1.94. The molecule has 0 aliphatic heterocycles. The highest BCUT2D eigenvalue weighted by molar-refractivity contribution is 9.10. The molecule has 0 saturated heterocycles. The normalized spacial score (nSPS) is 12.6. The summed E-state index contributed by atoms with van der Waals surface area (Å²) in [6.07, 6.45) is 0. The lowest BCUT2D eigenvalue weighted by molar-refractivity contribution is 0.0947. The van der Waals surface area contributed by atoms with E-state index in [1.54, 1.807) is 0 Å². The number of fused-ring (bicyclic) bond motifs is 1. The van der Waals surface area contributed by atoms with Crippen LogP contribution < -0.4 is 11.1 Å². The molecule has 0 aliphatic rings. The van der Waals surface area contributed by atoms with Crippen LogP contribution in [-0.4, -0.2) is 24.2 Å². The second kappa shape index (κ2) is 5.90. The zero-order chi connectivity index (χ0) is 14.0. The number of nitrogens with two attached hydrogens (primary N) is 1. The van der Waals surface area contributed by atoms with Gasteiger partial charge in [-0.3, -0.25) is 4.79 Å². The van der Waals surface area contributed by atoms with E-state index in [4.69, 9.17) is 10.8 Å². The molecule has 19 heavy (non-hydrogen) atoms. The quantitative estimate of drug-likeness (QED) is 0.799.